The van der Waals surface area contributed by atoms with Crippen LogP contribution in [-0.2, 0) is 43.3 Å². The molecule has 11 nitrogen and oxygen atoms in total. The van der Waals surface area contributed by atoms with Gasteiger partial charge in [0.05, 0.1) is 24.6 Å². The number of fused-ring (bicyclic) bond motifs is 1. The normalized spacial score (nSPS) is 16.6. The number of aryl methyl sites for hydroxylation is 1. The Morgan fingerprint density at radius 3 is 2.41 bits per heavy atom. The molecule has 4 N–H and O–H groups in total. The Hall–Kier alpha value is -3.35. The van der Waals surface area contributed by atoms with Crippen LogP contribution in [0.2, 0.25) is 0 Å². The van der Waals surface area contributed by atoms with E-state index in [0.29, 0.717) is 12.8 Å². The first kappa shape index (κ1) is 28.2. The van der Waals surface area contributed by atoms with Gasteiger partial charge in [0.2, 0.25) is 5.91 Å². The number of carbonyl (C=O) groups is 3. The van der Waals surface area contributed by atoms with Gasteiger partial charge in [-0.2, -0.15) is 0 Å². The lowest BCUT2D eigenvalue weighted by molar-refractivity contribution is -0.492. The maximum atomic E-state index is 13.4. The van der Waals surface area contributed by atoms with E-state index in [4.69, 9.17) is 15.2 Å². The summed E-state index contributed by atoms with van der Waals surface area (Å²) in [6.45, 7) is 1.67. The molecule has 37 heavy (non-hydrogen) atoms. The van der Waals surface area contributed by atoms with Gasteiger partial charge in [-0.1, -0.05) is 54.6 Å². The average molecular weight is 516 g/mol. The maximum Gasteiger partial charge on any atom is 0.326 e. The summed E-state index contributed by atoms with van der Waals surface area (Å²) in [5.41, 5.74) is 2.81. The monoisotopic (exact) mass is 515 g/mol. The molecule has 0 saturated heterocycles. The summed E-state index contributed by atoms with van der Waals surface area (Å²) in [5, 5.41) is 29.6. The van der Waals surface area contributed by atoms with Gasteiger partial charge in [-0.15, -0.1) is 0 Å². The summed E-state index contributed by atoms with van der Waals surface area (Å²) in [6, 6.07) is 14.3. The summed E-state index contributed by atoms with van der Waals surface area (Å²) in [6.07, 6.45) is 1.33. The van der Waals surface area contributed by atoms with Crippen molar-refractivity contribution in [3.05, 3.63) is 71.3 Å². The molecule has 0 aliphatic carbocycles. The second kappa shape index (κ2) is 13.8. The number of nitrogens with one attached hydrogen (secondary N) is 1. The van der Waals surface area contributed by atoms with Crippen molar-refractivity contribution in [1.29, 1.82) is 0 Å². The van der Waals surface area contributed by atoms with Gasteiger partial charge in [0.25, 0.3) is 0 Å². The van der Waals surface area contributed by atoms with Crippen molar-refractivity contribution in [3.8, 4) is 0 Å². The minimum absolute atomic E-state index is 0.0253. The smallest absolute Gasteiger partial charge is 0.326 e. The maximum absolute atomic E-state index is 13.4. The fourth-order valence-corrected chi connectivity index (χ4v) is 4.30. The Morgan fingerprint density at radius 1 is 1.05 bits per heavy atom. The quantitative estimate of drug-likeness (QED) is 0.177. The molecule has 3 unspecified atom stereocenters. The van der Waals surface area contributed by atoms with Gasteiger partial charge in [-0.25, -0.2) is 4.79 Å². The molecule has 0 saturated carbocycles. The summed E-state index contributed by atoms with van der Waals surface area (Å²) < 4.78 is 5.32. The van der Waals surface area contributed by atoms with Crippen LogP contribution < -0.4 is 5.32 Å². The Bertz CT molecular complexity index is 1050. The van der Waals surface area contributed by atoms with Gasteiger partial charge in [-0.3, -0.25) is 30.2 Å². The minimum atomic E-state index is -1.08. The van der Waals surface area contributed by atoms with Gasteiger partial charge in [0.15, 0.2) is 0 Å². The number of carbonyl (C=O) groups excluding carboxylic acids is 2. The second-order valence-electron chi connectivity index (χ2n) is 8.87. The zero-order chi connectivity index (χ0) is 26.8. The topological polar surface area (TPSA) is 149 Å². The van der Waals surface area contributed by atoms with Crippen LogP contribution in [0.5, 0.6) is 0 Å². The lowest BCUT2D eigenvalue weighted by Gasteiger charge is -2.36. The number of benzene rings is 2. The van der Waals surface area contributed by atoms with Crippen LogP contribution in [0.15, 0.2) is 54.6 Å². The molecule has 0 aromatic heterocycles. The Morgan fingerprint density at radius 2 is 1.73 bits per heavy atom. The molecule has 2 aromatic carbocycles. The summed E-state index contributed by atoms with van der Waals surface area (Å²) in [5.74, 6) is -2.07. The summed E-state index contributed by atoms with van der Waals surface area (Å²) in [4.78, 5) is 44.0. The van der Waals surface area contributed by atoms with E-state index in [0.717, 1.165) is 16.7 Å². The largest absolute Gasteiger partial charge is 0.480 e. The summed E-state index contributed by atoms with van der Waals surface area (Å²) >= 11 is 0. The number of carboxylic acids is 1. The molecule has 1 aliphatic heterocycles. The second-order valence-corrected chi connectivity index (χ2v) is 8.87. The highest BCUT2D eigenvalue weighted by Gasteiger charge is 2.37. The first-order valence-electron chi connectivity index (χ1n) is 12.1. The fraction of sp³-hybridized carbons (Fsp3) is 0.423. The lowest BCUT2D eigenvalue weighted by Crippen LogP contribution is -2.56. The molecule has 0 bridgehead atoms. The van der Waals surface area contributed by atoms with Gasteiger partial charge in [-0.05, 0) is 36.5 Å². The van der Waals surface area contributed by atoms with Crippen LogP contribution in [0.1, 0.15) is 36.5 Å². The number of rotatable bonds is 13. The number of amides is 1. The molecule has 0 fully saturated rings. The van der Waals surface area contributed by atoms with E-state index in [1.807, 2.05) is 54.6 Å². The van der Waals surface area contributed by atoms with Crippen molar-refractivity contribution in [2.24, 2.45) is 0 Å². The predicted molar refractivity (Wildman–Crippen MR) is 130 cm³/mol. The van der Waals surface area contributed by atoms with Crippen LogP contribution in [0.4, 0.5) is 0 Å². The Labute approximate surface area is 215 Å². The highest BCUT2D eigenvalue weighted by atomic mass is 17.1. The van der Waals surface area contributed by atoms with Crippen molar-refractivity contribution < 1.29 is 39.5 Å². The van der Waals surface area contributed by atoms with Crippen LogP contribution in [-0.4, -0.2) is 75.0 Å². The van der Waals surface area contributed by atoms with Crippen molar-refractivity contribution in [3.63, 3.8) is 0 Å². The molecule has 11 heteroatoms. The Balaban J connectivity index is 1.67. The van der Waals surface area contributed by atoms with Gasteiger partial charge in [0.1, 0.15) is 12.1 Å². The third-order valence-electron chi connectivity index (χ3n) is 6.23. The molecule has 3 rings (SSSR count). The highest BCUT2D eigenvalue weighted by molar-refractivity contribution is 5.88. The minimum Gasteiger partial charge on any atom is -0.480 e. The van der Waals surface area contributed by atoms with Gasteiger partial charge >= 0.3 is 11.9 Å². The zero-order valence-corrected chi connectivity index (χ0v) is 20.7. The van der Waals surface area contributed by atoms with E-state index < -0.39 is 41.4 Å². The molecular formula is C26H33N3O8. The van der Waals surface area contributed by atoms with Gasteiger partial charge < -0.3 is 14.7 Å². The molecule has 2 aromatic rings. The van der Waals surface area contributed by atoms with Crippen LogP contribution in [0, 0.1) is 0 Å². The number of ether oxygens (including phenoxy) is 1. The first-order chi connectivity index (χ1) is 17.8. The fourth-order valence-electron chi connectivity index (χ4n) is 4.30. The molecule has 1 amide bonds. The number of aliphatic carboxylic acids is 1. The molecule has 0 spiro atoms. The van der Waals surface area contributed by atoms with Crippen molar-refractivity contribution in [1.82, 2.24) is 15.6 Å². The molecule has 3 atom stereocenters. The average Bonchev–Trinajstić information content (AvgIpc) is 2.89. The molecule has 1 aliphatic rings. The molecule has 1 heterocycles. The van der Waals surface area contributed by atoms with E-state index >= 15 is 0 Å². The highest BCUT2D eigenvalue weighted by Crippen LogP contribution is 2.24. The number of hydrogen-bond donors (Lipinski definition) is 4. The summed E-state index contributed by atoms with van der Waals surface area (Å²) in [7, 11) is 0. The van der Waals surface area contributed by atoms with Crippen molar-refractivity contribution in [2.75, 3.05) is 13.2 Å². The van der Waals surface area contributed by atoms with Crippen LogP contribution >= 0.6 is 0 Å². The molecular weight excluding hydrogens is 482 g/mol. The number of carboxylic acid groups (broad SMARTS) is 1. The Kier molecular flexibility index (Phi) is 10.5. The van der Waals surface area contributed by atoms with E-state index in [1.54, 1.807) is 6.92 Å². The SMILES string of the molecule is CC(NC(CCc1ccccc1)C(=O)OCCCON(O)O)C(=O)N1Cc2ccccc2CC1C(=O)O. The number of esters is 1. The van der Waals surface area contributed by atoms with E-state index in [9.17, 15) is 19.5 Å². The van der Waals surface area contributed by atoms with Crippen molar-refractivity contribution in [2.45, 2.75) is 57.3 Å². The van der Waals surface area contributed by atoms with Crippen molar-refractivity contribution >= 4 is 17.8 Å². The molecule has 200 valence electrons. The van der Waals surface area contributed by atoms with E-state index in [1.165, 1.54) is 4.90 Å². The third kappa shape index (κ3) is 8.34. The predicted octanol–water partition coefficient (Wildman–Crippen LogP) is 1.95. The van der Waals surface area contributed by atoms with Gasteiger partial charge in [0, 0.05) is 19.4 Å². The number of hydrogen-bond acceptors (Lipinski definition) is 9. The molecule has 0 radical (unpaired) electrons. The number of nitrogens with zero attached hydrogens (tertiary/aromatic N) is 2. The van der Waals surface area contributed by atoms with Crippen LogP contribution in [0.3, 0.4) is 0 Å². The zero-order valence-electron chi connectivity index (χ0n) is 20.7. The van der Waals surface area contributed by atoms with Crippen LogP contribution in [0.25, 0.3) is 0 Å². The lowest BCUT2D eigenvalue weighted by atomic mass is 9.93. The standard InChI is InChI=1S/C26H33N3O8/c1-18(24(30)28-17-21-11-6-5-10-20(21)16-23(28)25(31)32)27-22(13-12-19-8-3-2-4-9-19)26(33)36-14-7-15-37-29(34)35/h2-6,8-11,18,22-23,27,34-35H,7,12-17H2,1H3,(H,31,32). The third-order valence-corrected chi connectivity index (χ3v) is 6.23. The van der Waals surface area contributed by atoms with E-state index in [2.05, 4.69) is 10.2 Å². The first-order valence-corrected chi connectivity index (χ1v) is 12.1. The van der Waals surface area contributed by atoms with E-state index in [-0.39, 0.29) is 32.6 Å².